The molecule has 0 aliphatic heterocycles. The van der Waals surface area contributed by atoms with Gasteiger partial charge in [-0.1, -0.05) is 64.5 Å². The Bertz CT molecular complexity index is 1250. The average Bonchev–Trinajstić information content (AvgIpc) is 2.69. The summed E-state index contributed by atoms with van der Waals surface area (Å²) in [6.45, 7) is 1.43. The van der Waals surface area contributed by atoms with Crippen LogP contribution >= 0.6 is 27.5 Å². The first kappa shape index (κ1) is 18.0. The van der Waals surface area contributed by atoms with Crippen LogP contribution in [0.4, 0.5) is 0 Å². The van der Waals surface area contributed by atoms with Crippen LogP contribution in [0.2, 0.25) is 0 Å². The van der Waals surface area contributed by atoms with Crippen molar-refractivity contribution in [3.05, 3.63) is 71.8 Å². The summed E-state index contributed by atoms with van der Waals surface area (Å²) in [7, 11) is 0. The zero-order valence-electron chi connectivity index (χ0n) is 15.3. The molecule has 0 radical (unpaired) electrons. The molecule has 0 amide bonds. The molecule has 0 bridgehead atoms. The predicted molar refractivity (Wildman–Crippen MR) is 119 cm³/mol. The molecule has 0 heterocycles. The summed E-state index contributed by atoms with van der Waals surface area (Å²) in [5.41, 5.74) is 2.24. The van der Waals surface area contributed by atoms with Crippen molar-refractivity contribution >= 4 is 65.8 Å². The summed E-state index contributed by atoms with van der Waals surface area (Å²) >= 11 is 10.5. The van der Waals surface area contributed by atoms with Gasteiger partial charge in [-0.2, -0.15) is 0 Å². The number of alkyl halides is 2. The highest BCUT2D eigenvalue weighted by atomic mass is 79.9. The van der Waals surface area contributed by atoms with E-state index in [2.05, 4.69) is 76.6 Å². The maximum Gasteiger partial charge on any atom is 0.302 e. The fourth-order valence-electron chi connectivity index (χ4n) is 4.42. The molecule has 1 unspecified atom stereocenters. The lowest BCUT2D eigenvalue weighted by Gasteiger charge is -2.33. The van der Waals surface area contributed by atoms with E-state index in [9.17, 15) is 4.79 Å². The van der Waals surface area contributed by atoms with Crippen LogP contribution in [0.25, 0.3) is 32.3 Å². The quantitative estimate of drug-likeness (QED) is 0.132. The van der Waals surface area contributed by atoms with Crippen molar-refractivity contribution in [2.75, 3.05) is 0 Å². The number of hydrogen-bond acceptors (Lipinski definition) is 2. The molecule has 0 spiro atoms. The molecule has 0 fully saturated rings. The first-order chi connectivity index (χ1) is 13.5. The van der Waals surface area contributed by atoms with Crippen LogP contribution in [0.1, 0.15) is 34.7 Å². The van der Waals surface area contributed by atoms with Gasteiger partial charge in [0.2, 0.25) is 0 Å². The third-order valence-electron chi connectivity index (χ3n) is 5.65. The van der Waals surface area contributed by atoms with E-state index in [1.807, 2.05) is 0 Å². The number of esters is 1. The summed E-state index contributed by atoms with van der Waals surface area (Å²) in [4.78, 5) is 11.5. The molecule has 4 aromatic carbocycles. The summed E-state index contributed by atoms with van der Waals surface area (Å²) in [5, 5.41) is 7.04. The Kier molecular flexibility index (Phi) is 4.33. The minimum absolute atomic E-state index is 0.0865. The van der Waals surface area contributed by atoms with E-state index in [0.717, 1.165) is 5.56 Å². The van der Waals surface area contributed by atoms with Crippen LogP contribution in [-0.2, 0) is 9.53 Å². The molecule has 0 N–H and O–H groups in total. The van der Waals surface area contributed by atoms with Gasteiger partial charge in [-0.15, -0.1) is 11.6 Å². The Balaban J connectivity index is 1.75. The third-order valence-corrected chi connectivity index (χ3v) is 7.00. The van der Waals surface area contributed by atoms with Gasteiger partial charge in [0, 0.05) is 18.2 Å². The van der Waals surface area contributed by atoms with Crippen LogP contribution in [0.5, 0.6) is 0 Å². The van der Waals surface area contributed by atoms with Crippen LogP contribution in [0.3, 0.4) is 0 Å². The van der Waals surface area contributed by atoms with Crippen LogP contribution in [-0.4, -0.2) is 12.1 Å². The van der Waals surface area contributed by atoms with Crippen molar-refractivity contribution in [1.82, 2.24) is 0 Å². The van der Waals surface area contributed by atoms with E-state index >= 15 is 0 Å². The smallest absolute Gasteiger partial charge is 0.302 e. The van der Waals surface area contributed by atoms with Crippen LogP contribution in [0, 0.1) is 0 Å². The van der Waals surface area contributed by atoms with Gasteiger partial charge >= 0.3 is 5.97 Å². The van der Waals surface area contributed by atoms with E-state index in [1.165, 1.54) is 44.8 Å². The minimum Gasteiger partial charge on any atom is -0.461 e. The monoisotopic (exact) mass is 452 g/mol. The molecule has 1 aliphatic rings. The maximum absolute atomic E-state index is 11.4. The Morgan fingerprint density at radius 1 is 0.964 bits per heavy atom. The highest BCUT2D eigenvalue weighted by Gasteiger charge is 2.36. The fourth-order valence-corrected chi connectivity index (χ4v) is 5.64. The van der Waals surface area contributed by atoms with E-state index in [4.69, 9.17) is 16.3 Å². The topological polar surface area (TPSA) is 26.3 Å². The minimum atomic E-state index is -0.343. The zero-order valence-corrected chi connectivity index (χ0v) is 17.6. The molecular weight excluding hydrogens is 436 g/mol. The first-order valence-electron chi connectivity index (χ1n) is 9.36. The van der Waals surface area contributed by atoms with Crippen molar-refractivity contribution in [3.63, 3.8) is 0 Å². The first-order valence-corrected chi connectivity index (χ1v) is 10.7. The zero-order chi connectivity index (χ0) is 19.4. The second-order valence-corrected chi connectivity index (χ2v) is 8.98. The molecule has 3 atom stereocenters. The van der Waals surface area contributed by atoms with E-state index in [0.29, 0.717) is 6.42 Å². The molecule has 1 aliphatic carbocycles. The Morgan fingerprint density at radius 3 is 2.46 bits per heavy atom. The van der Waals surface area contributed by atoms with Crippen molar-refractivity contribution < 1.29 is 9.53 Å². The van der Waals surface area contributed by atoms with Gasteiger partial charge in [0.05, 0.1) is 5.38 Å². The van der Waals surface area contributed by atoms with Crippen molar-refractivity contribution in [3.8, 4) is 0 Å². The SMILES string of the molecule is CC(=O)O[C@H]1CC(Br)c2c(ccc3cc4c(ccc5ccccc54)cc23)[C@@H]1Cl. The number of ether oxygens (including phenoxy) is 1. The van der Waals surface area contributed by atoms with Gasteiger partial charge in [-0.25, -0.2) is 0 Å². The Labute approximate surface area is 176 Å². The lowest BCUT2D eigenvalue weighted by atomic mass is 9.84. The average molecular weight is 454 g/mol. The van der Waals surface area contributed by atoms with Gasteiger partial charge < -0.3 is 4.74 Å². The highest BCUT2D eigenvalue weighted by Crippen LogP contribution is 2.48. The molecule has 0 saturated heterocycles. The number of rotatable bonds is 1. The van der Waals surface area contributed by atoms with Gasteiger partial charge in [-0.05, 0) is 55.6 Å². The summed E-state index contributed by atoms with van der Waals surface area (Å²) < 4.78 is 5.46. The summed E-state index contributed by atoms with van der Waals surface area (Å²) in [5.74, 6) is -0.294. The Morgan fingerprint density at radius 2 is 1.64 bits per heavy atom. The summed E-state index contributed by atoms with van der Waals surface area (Å²) in [6.07, 6.45) is 0.341. The summed E-state index contributed by atoms with van der Waals surface area (Å²) in [6, 6.07) is 21.6. The van der Waals surface area contributed by atoms with Gasteiger partial charge in [0.1, 0.15) is 6.10 Å². The molecule has 4 heteroatoms. The maximum atomic E-state index is 11.4. The lowest BCUT2D eigenvalue weighted by molar-refractivity contribution is -0.147. The van der Waals surface area contributed by atoms with E-state index in [-0.39, 0.29) is 22.3 Å². The number of carbonyl (C=O) groups is 1. The van der Waals surface area contributed by atoms with E-state index < -0.39 is 0 Å². The van der Waals surface area contributed by atoms with Crippen molar-refractivity contribution in [1.29, 1.82) is 0 Å². The van der Waals surface area contributed by atoms with Gasteiger partial charge in [-0.3, -0.25) is 4.79 Å². The largest absolute Gasteiger partial charge is 0.461 e. The molecule has 0 aromatic heterocycles. The lowest BCUT2D eigenvalue weighted by Crippen LogP contribution is -2.28. The number of halogens is 2. The number of hydrogen-bond donors (Lipinski definition) is 0. The highest BCUT2D eigenvalue weighted by molar-refractivity contribution is 9.09. The normalized spacial score (nSPS) is 21.8. The van der Waals surface area contributed by atoms with Crippen LogP contribution < -0.4 is 0 Å². The second kappa shape index (κ2) is 6.75. The molecule has 4 aromatic rings. The third kappa shape index (κ3) is 2.80. The number of fused-ring (bicyclic) bond motifs is 6. The molecule has 140 valence electrons. The van der Waals surface area contributed by atoms with Gasteiger partial charge in [0.25, 0.3) is 0 Å². The second-order valence-electron chi connectivity index (χ2n) is 7.40. The van der Waals surface area contributed by atoms with Gasteiger partial charge in [0.15, 0.2) is 0 Å². The molecule has 5 rings (SSSR count). The predicted octanol–water partition coefficient (Wildman–Crippen LogP) is 7.20. The van der Waals surface area contributed by atoms with Crippen molar-refractivity contribution in [2.24, 2.45) is 0 Å². The molecule has 0 saturated carbocycles. The Hall–Kier alpha value is -2.10. The standard InChI is InChI=1S/C24H18BrClO2/c1-13(27)28-22-12-21(25)23-18(24(22)26)9-8-16-10-19-15(11-20(16)23)7-6-14-4-2-3-5-17(14)19/h2-11,21-22,24H,12H2,1H3/t21?,22-,24-/m0/s1. The molecule has 28 heavy (non-hydrogen) atoms. The number of benzene rings is 4. The number of carbonyl (C=O) groups excluding carboxylic acids is 1. The fraction of sp³-hybridized carbons (Fsp3) is 0.208. The van der Waals surface area contributed by atoms with E-state index in [1.54, 1.807) is 0 Å². The van der Waals surface area contributed by atoms with Crippen LogP contribution in [0.15, 0.2) is 60.7 Å². The molecule has 2 nitrogen and oxygen atoms in total. The molecular formula is C24H18BrClO2. The van der Waals surface area contributed by atoms with Crippen molar-refractivity contribution in [2.45, 2.75) is 29.7 Å².